The zero-order chi connectivity index (χ0) is 14.8. The standard InChI is InChI=1S/C17H21N3O/c1-3-12-10-13(20(2)19-12)11-17(21)15-6-4-8-16-14(15)7-5-9-18-16/h4,6,8,10,18H,3,5,7,9,11H2,1-2H3. The van der Waals surface area contributed by atoms with Gasteiger partial charge in [0.15, 0.2) is 5.78 Å². The number of carbonyl (C=O) groups excluding carboxylic acids is 1. The van der Waals surface area contributed by atoms with Crippen LogP contribution in [0.25, 0.3) is 0 Å². The van der Waals surface area contributed by atoms with Crippen LogP contribution in [0.4, 0.5) is 5.69 Å². The van der Waals surface area contributed by atoms with Gasteiger partial charge >= 0.3 is 0 Å². The second kappa shape index (κ2) is 5.72. The van der Waals surface area contributed by atoms with Gasteiger partial charge in [0.2, 0.25) is 0 Å². The fourth-order valence-electron chi connectivity index (χ4n) is 2.94. The summed E-state index contributed by atoms with van der Waals surface area (Å²) >= 11 is 0. The molecule has 1 aliphatic rings. The van der Waals surface area contributed by atoms with Crippen LogP contribution < -0.4 is 5.32 Å². The molecule has 0 radical (unpaired) electrons. The molecule has 0 amide bonds. The van der Waals surface area contributed by atoms with Gasteiger partial charge in [-0.1, -0.05) is 19.1 Å². The maximum absolute atomic E-state index is 12.7. The number of anilines is 1. The highest BCUT2D eigenvalue weighted by Crippen LogP contribution is 2.26. The van der Waals surface area contributed by atoms with Crippen LogP contribution in [0.3, 0.4) is 0 Å². The molecule has 1 aromatic heterocycles. The van der Waals surface area contributed by atoms with Crippen LogP contribution in [0.2, 0.25) is 0 Å². The average Bonchev–Trinajstić information content (AvgIpc) is 2.87. The van der Waals surface area contributed by atoms with E-state index in [1.165, 1.54) is 5.56 Å². The Bertz CT molecular complexity index is 673. The summed E-state index contributed by atoms with van der Waals surface area (Å²) in [4.78, 5) is 12.7. The van der Waals surface area contributed by atoms with Crippen LogP contribution in [0.15, 0.2) is 24.3 Å². The van der Waals surface area contributed by atoms with Gasteiger partial charge in [0.05, 0.1) is 12.1 Å². The van der Waals surface area contributed by atoms with E-state index < -0.39 is 0 Å². The number of nitrogens with one attached hydrogen (secondary N) is 1. The Labute approximate surface area is 125 Å². The van der Waals surface area contributed by atoms with E-state index in [2.05, 4.69) is 23.4 Å². The van der Waals surface area contributed by atoms with Crippen molar-refractivity contribution in [3.05, 3.63) is 46.8 Å². The van der Waals surface area contributed by atoms with Gasteiger partial charge in [-0.05, 0) is 37.0 Å². The van der Waals surface area contributed by atoms with Gasteiger partial charge < -0.3 is 5.32 Å². The van der Waals surface area contributed by atoms with Gasteiger partial charge in [-0.15, -0.1) is 0 Å². The summed E-state index contributed by atoms with van der Waals surface area (Å²) in [6.07, 6.45) is 3.38. The fourth-order valence-corrected chi connectivity index (χ4v) is 2.94. The third kappa shape index (κ3) is 2.71. The molecule has 0 unspecified atom stereocenters. The normalized spacial score (nSPS) is 13.6. The van der Waals surface area contributed by atoms with E-state index in [-0.39, 0.29) is 5.78 Å². The van der Waals surface area contributed by atoms with E-state index in [0.717, 1.165) is 48.4 Å². The second-order valence-electron chi connectivity index (χ2n) is 5.57. The number of ketones is 1. The molecule has 0 atom stereocenters. The monoisotopic (exact) mass is 283 g/mol. The topological polar surface area (TPSA) is 46.9 Å². The average molecular weight is 283 g/mol. The molecule has 3 rings (SSSR count). The molecule has 110 valence electrons. The number of aromatic nitrogens is 2. The quantitative estimate of drug-likeness (QED) is 0.878. The number of rotatable bonds is 4. The molecule has 1 N–H and O–H groups in total. The van der Waals surface area contributed by atoms with Crippen molar-refractivity contribution in [1.82, 2.24) is 9.78 Å². The first-order valence-electron chi connectivity index (χ1n) is 7.59. The summed E-state index contributed by atoms with van der Waals surface area (Å²) in [5.74, 6) is 0.182. The number of nitrogens with zero attached hydrogens (tertiary/aromatic N) is 2. The number of carbonyl (C=O) groups is 1. The minimum Gasteiger partial charge on any atom is -0.385 e. The third-order valence-electron chi connectivity index (χ3n) is 4.13. The molecule has 4 heteroatoms. The van der Waals surface area contributed by atoms with Crippen molar-refractivity contribution in [2.45, 2.75) is 32.6 Å². The Hall–Kier alpha value is -2.10. The van der Waals surface area contributed by atoms with Gasteiger partial charge in [0, 0.05) is 30.5 Å². The van der Waals surface area contributed by atoms with Crippen LogP contribution in [0, 0.1) is 0 Å². The molecule has 0 aliphatic carbocycles. The highest BCUT2D eigenvalue weighted by Gasteiger charge is 2.18. The maximum Gasteiger partial charge on any atom is 0.169 e. The molecule has 1 aliphatic heterocycles. The lowest BCUT2D eigenvalue weighted by molar-refractivity contribution is 0.0990. The smallest absolute Gasteiger partial charge is 0.169 e. The zero-order valence-corrected chi connectivity index (χ0v) is 12.6. The second-order valence-corrected chi connectivity index (χ2v) is 5.57. The molecular weight excluding hydrogens is 262 g/mol. The molecule has 0 spiro atoms. The SMILES string of the molecule is CCc1cc(CC(=O)c2cccc3c2CCCN3)n(C)n1. The Kier molecular flexibility index (Phi) is 3.78. The van der Waals surface area contributed by atoms with Crippen LogP contribution in [-0.2, 0) is 26.3 Å². The molecule has 0 fully saturated rings. The third-order valence-corrected chi connectivity index (χ3v) is 4.13. The first-order valence-corrected chi connectivity index (χ1v) is 7.59. The number of aryl methyl sites for hydroxylation is 2. The molecule has 2 heterocycles. The molecule has 0 saturated heterocycles. The number of fused-ring (bicyclic) bond motifs is 1. The Morgan fingerprint density at radius 2 is 2.29 bits per heavy atom. The highest BCUT2D eigenvalue weighted by atomic mass is 16.1. The summed E-state index contributed by atoms with van der Waals surface area (Å²) in [7, 11) is 1.91. The lowest BCUT2D eigenvalue weighted by Crippen LogP contribution is -2.17. The summed E-state index contributed by atoms with van der Waals surface area (Å²) in [6, 6.07) is 8.01. The van der Waals surface area contributed by atoms with Crippen LogP contribution in [0.1, 0.15) is 40.7 Å². The van der Waals surface area contributed by atoms with Crippen molar-refractivity contribution in [2.75, 3.05) is 11.9 Å². The lowest BCUT2D eigenvalue weighted by Gasteiger charge is -2.20. The summed E-state index contributed by atoms with van der Waals surface area (Å²) in [5, 5.41) is 7.79. The number of benzene rings is 1. The minimum absolute atomic E-state index is 0.182. The van der Waals surface area contributed by atoms with Gasteiger partial charge in [-0.2, -0.15) is 5.10 Å². The van der Waals surface area contributed by atoms with E-state index in [0.29, 0.717) is 6.42 Å². The predicted octanol–water partition coefficient (Wildman–Crippen LogP) is 2.77. The lowest BCUT2D eigenvalue weighted by atomic mass is 9.93. The van der Waals surface area contributed by atoms with E-state index in [4.69, 9.17) is 0 Å². The zero-order valence-electron chi connectivity index (χ0n) is 12.6. The van der Waals surface area contributed by atoms with Crippen molar-refractivity contribution >= 4 is 11.5 Å². The molecule has 4 nitrogen and oxygen atoms in total. The van der Waals surface area contributed by atoms with Crippen molar-refractivity contribution in [3.8, 4) is 0 Å². The minimum atomic E-state index is 0.182. The Morgan fingerprint density at radius 3 is 3.05 bits per heavy atom. The van der Waals surface area contributed by atoms with E-state index in [1.807, 2.05) is 29.9 Å². The molecular formula is C17H21N3O. The van der Waals surface area contributed by atoms with Gasteiger partial charge in [-0.3, -0.25) is 9.48 Å². The molecule has 0 saturated carbocycles. The van der Waals surface area contributed by atoms with E-state index in [1.54, 1.807) is 0 Å². The van der Waals surface area contributed by atoms with Crippen molar-refractivity contribution in [2.24, 2.45) is 7.05 Å². The first-order chi connectivity index (χ1) is 10.2. The molecule has 21 heavy (non-hydrogen) atoms. The number of hydrogen-bond acceptors (Lipinski definition) is 3. The van der Waals surface area contributed by atoms with Gasteiger partial charge in [-0.25, -0.2) is 0 Å². The van der Waals surface area contributed by atoms with Crippen molar-refractivity contribution in [3.63, 3.8) is 0 Å². The summed E-state index contributed by atoms with van der Waals surface area (Å²) < 4.78 is 1.82. The van der Waals surface area contributed by atoms with Gasteiger partial charge in [0.25, 0.3) is 0 Å². The number of hydrogen-bond donors (Lipinski definition) is 1. The molecule has 2 aromatic rings. The summed E-state index contributed by atoms with van der Waals surface area (Å²) in [6.45, 7) is 3.07. The van der Waals surface area contributed by atoms with Crippen LogP contribution in [0.5, 0.6) is 0 Å². The van der Waals surface area contributed by atoms with Crippen molar-refractivity contribution in [1.29, 1.82) is 0 Å². The molecule has 1 aromatic carbocycles. The number of Topliss-reactive ketones (excluding diaryl/α,β-unsaturated/α-hetero) is 1. The largest absolute Gasteiger partial charge is 0.385 e. The van der Waals surface area contributed by atoms with E-state index >= 15 is 0 Å². The molecule has 0 bridgehead atoms. The van der Waals surface area contributed by atoms with E-state index in [9.17, 15) is 4.79 Å². The fraction of sp³-hybridized carbons (Fsp3) is 0.412. The Balaban J connectivity index is 1.87. The van der Waals surface area contributed by atoms with Crippen molar-refractivity contribution < 1.29 is 4.79 Å². The first kappa shape index (κ1) is 13.9. The Morgan fingerprint density at radius 1 is 1.43 bits per heavy atom. The van der Waals surface area contributed by atoms with Crippen LogP contribution >= 0.6 is 0 Å². The van der Waals surface area contributed by atoms with Crippen LogP contribution in [-0.4, -0.2) is 22.1 Å². The summed E-state index contributed by atoms with van der Waals surface area (Å²) in [5.41, 5.74) is 5.17. The maximum atomic E-state index is 12.7. The van der Waals surface area contributed by atoms with Gasteiger partial charge in [0.1, 0.15) is 0 Å². The highest BCUT2D eigenvalue weighted by molar-refractivity contribution is 6.00. The predicted molar refractivity (Wildman–Crippen MR) is 83.9 cm³/mol.